The predicted octanol–water partition coefficient (Wildman–Crippen LogP) is 4.90. The zero-order valence-corrected chi connectivity index (χ0v) is 23.0. The Morgan fingerprint density at radius 2 is 1.61 bits per heavy atom. The number of amides is 2. The monoisotopic (exact) mass is 519 g/mol. The molecule has 0 aromatic heterocycles. The zero-order chi connectivity index (χ0) is 26.7. The number of piperidine rings is 1. The molecule has 202 valence electrons. The first-order valence-electron chi connectivity index (χ1n) is 13.5. The van der Waals surface area contributed by atoms with Gasteiger partial charge in [-0.1, -0.05) is 19.9 Å². The van der Waals surface area contributed by atoms with Crippen molar-refractivity contribution >= 4 is 6.03 Å². The van der Waals surface area contributed by atoms with E-state index in [1.165, 1.54) is 5.56 Å². The van der Waals surface area contributed by atoms with E-state index in [1.807, 2.05) is 11.0 Å². The van der Waals surface area contributed by atoms with Crippen molar-refractivity contribution in [2.75, 3.05) is 40.6 Å². The van der Waals surface area contributed by atoms with E-state index in [-0.39, 0.29) is 23.8 Å². The molecule has 2 saturated heterocycles. The van der Waals surface area contributed by atoms with Crippen LogP contribution in [0.2, 0.25) is 0 Å². The minimum absolute atomic E-state index is 0.103. The van der Waals surface area contributed by atoms with E-state index in [0.717, 1.165) is 72.3 Å². The van der Waals surface area contributed by atoms with Crippen LogP contribution in [0.5, 0.6) is 23.0 Å². The molecule has 2 aromatic carbocycles. The van der Waals surface area contributed by atoms with Crippen LogP contribution in [0, 0.1) is 0 Å². The van der Waals surface area contributed by atoms with E-state index in [4.69, 9.17) is 18.9 Å². The number of urea groups is 1. The van der Waals surface area contributed by atoms with Gasteiger partial charge in [-0.25, -0.2) is 4.79 Å². The average molecular weight is 520 g/mol. The van der Waals surface area contributed by atoms with Crippen molar-refractivity contribution in [1.82, 2.24) is 14.7 Å². The highest BCUT2D eigenvalue weighted by Crippen LogP contribution is 2.50. The highest BCUT2D eigenvalue weighted by Gasteiger charge is 2.55. The van der Waals surface area contributed by atoms with Gasteiger partial charge in [0.1, 0.15) is 11.5 Å². The van der Waals surface area contributed by atoms with Crippen molar-refractivity contribution < 1.29 is 23.7 Å². The maximum Gasteiger partial charge on any atom is 0.325 e. The largest absolute Gasteiger partial charge is 0.497 e. The lowest BCUT2D eigenvalue weighted by Gasteiger charge is -2.44. The van der Waals surface area contributed by atoms with Gasteiger partial charge in [0.2, 0.25) is 6.79 Å². The number of likely N-dealkylation sites (tertiary alicyclic amines) is 1. The summed E-state index contributed by atoms with van der Waals surface area (Å²) in [5, 5.41) is 0. The van der Waals surface area contributed by atoms with Gasteiger partial charge in [0.15, 0.2) is 11.5 Å². The second-order valence-corrected chi connectivity index (χ2v) is 11.3. The van der Waals surface area contributed by atoms with Crippen LogP contribution in [0.25, 0.3) is 0 Å². The van der Waals surface area contributed by atoms with Gasteiger partial charge < -0.3 is 23.8 Å². The Bertz CT molecular complexity index is 1270. The Hall–Kier alpha value is -3.39. The lowest BCUT2D eigenvalue weighted by atomic mass is 9.77. The maximum atomic E-state index is 13.9. The molecule has 38 heavy (non-hydrogen) atoms. The van der Waals surface area contributed by atoms with E-state index < -0.39 is 0 Å². The first-order chi connectivity index (χ1) is 18.3. The van der Waals surface area contributed by atoms with Crippen molar-refractivity contribution in [3.05, 3.63) is 58.8 Å². The van der Waals surface area contributed by atoms with Gasteiger partial charge in [-0.05, 0) is 60.7 Å². The fourth-order valence-electron chi connectivity index (χ4n) is 6.75. The molecule has 6 rings (SSSR count). The number of allylic oxidation sites excluding steroid dienone is 1. The molecule has 2 amide bonds. The van der Waals surface area contributed by atoms with E-state index in [2.05, 4.69) is 60.9 Å². The first-order valence-corrected chi connectivity index (χ1v) is 13.5. The van der Waals surface area contributed by atoms with Crippen LogP contribution in [-0.2, 0) is 18.5 Å². The fourth-order valence-corrected chi connectivity index (χ4v) is 6.75. The lowest BCUT2D eigenvalue weighted by molar-refractivity contribution is 0.0885. The number of carbonyl (C=O) groups is 1. The number of benzene rings is 2. The van der Waals surface area contributed by atoms with Gasteiger partial charge >= 0.3 is 6.03 Å². The number of ether oxygens (including phenoxy) is 4. The van der Waals surface area contributed by atoms with E-state index in [9.17, 15) is 4.79 Å². The third-order valence-corrected chi connectivity index (χ3v) is 8.68. The fraction of sp³-hybridized carbons (Fsp3) is 0.500. The average Bonchev–Trinajstić information content (AvgIpc) is 3.42. The summed E-state index contributed by atoms with van der Waals surface area (Å²) in [6.07, 6.45) is 4.13. The van der Waals surface area contributed by atoms with Gasteiger partial charge in [0.25, 0.3) is 0 Å². The predicted molar refractivity (Wildman–Crippen MR) is 144 cm³/mol. The number of methoxy groups -OCH3 is 2. The van der Waals surface area contributed by atoms with E-state index in [0.29, 0.717) is 13.1 Å². The Morgan fingerprint density at radius 3 is 2.24 bits per heavy atom. The molecule has 8 heteroatoms. The summed E-state index contributed by atoms with van der Waals surface area (Å²) in [4.78, 5) is 20.5. The summed E-state index contributed by atoms with van der Waals surface area (Å²) in [7, 11) is 3.36. The summed E-state index contributed by atoms with van der Waals surface area (Å²) in [5.41, 5.74) is 4.07. The van der Waals surface area contributed by atoms with Crippen LogP contribution in [0.1, 0.15) is 50.3 Å². The lowest BCUT2D eigenvalue weighted by Crippen LogP contribution is -2.53. The van der Waals surface area contributed by atoms with Gasteiger partial charge in [-0.3, -0.25) is 9.80 Å². The second-order valence-electron chi connectivity index (χ2n) is 11.3. The maximum absolute atomic E-state index is 13.9. The summed E-state index contributed by atoms with van der Waals surface area (Å²) < 4.78 is 22.3. The molecule has 8 nitrogen and oxygen atoms in total. The van der Waals surface area contributed by atoms with Gasteiger partial charge in [0.05, 0.1) is 26.3 Å². The Morgan fingerprint density at radius 1 is 0.947 bits per heavy atom. The van der Waals surface area contributed by atoms with Crippen molar-refractivity contribution in [2.24, 2.45) is 0 Å². The number of carbonyl (C=O) groups excluding carboxylic acids is 1. The molecule has 4 heterocycles. The molecule has 0 atom stereocenters. The number of hydrogen-bond donors (Lipinski definition) is 0. The first kappa shape index (κ1) is 24.9. The highest BCUT2D eigenvalue weighted by atomic mass is 16.7. The van der Waals surface area contributed by atoms with Crippen molar-refractivity contribution in [2.45, 2.75) is 57.7 Å². The smallest absolute Gasteiger partial charge is 0.325 e. The van der Waals surface area contributed by atoms with Crippen molar-refractivity contribution in [1.29, 1.82) is 0 Å². The molecule has 0 bridgehead atoms. The van der Waals surface area contributed by atoms with Crippen LogP contribution in [0.15, 0.2) is 42.1 Å². The summed E-state index contributed by atoms with van der Waals surface area (Å²) in [6.45, 7) is 10.7. The molecule has 0 saturated carbocycles. The number of hydrogen-bond acceptors (Lipinski definition) is 6. The number of likely N-dealkylation sites (N-methyl/N-ethyl adjacent to an activating group) is 1. The number of nitrogens with zero attached hydrogens (tertiary/aromatic N) is 3. The number of rotatable bonds is 5. The zero-order valence-electron chi connectivity index (χ0n) is 23.0. The molecule has 4 aliphatic rings. The Kier molecular flexibility index (Phi) is 5.98. The minimum Gasteiger partial charge on any atom is -0.497 e. The highest BCUT2D eigenvalue weighted by molar-refractivity contribution is 5.83. The topological polar surface area (TPSA) is 63.7 Å². The van der Waals surface area contributed by atoms with E-state index >= 15 is 0 Å². The molecule has 0 aliphatic carbocycles. The van der Waals surface area contributed by atoms with Crippen molar-refractivity contribution in [3.63, 3.8) is 0 Å². The van der Waals surface area contributed by atoms with E-state index in [1.54, 1.807) is 14.2 Å². The van der Waals surface area contributed by atoms with Crippen molar-refractivity contribution in [3.8, 4) is 23.0 Å². The summed E-state index contributed by atoms with van der Waals surface area (Å²) in [6, 6.07) is 10.3. The molecular formula is C30H37N3O5. The summed E-state index contributed by atoms with van der Waals surface area (Å²) in [5.74, 6) is 3.15. The molecule has 2 aromatic rings. The standard InChI is InChI=1S/C30H37N3O5/c1-6-33-28(34)32-18-21-13-25-26(38-19-37-25)15-24(21)29(2,3)16-27(32)30(33)7-9-31(10-8-30)17-20-11-22(35-4)14-23(12-20)36-5/h11-16H,6-10,17-19H2,1-5H3. The molecule has 0 N–H and O–H groups in total. The van der Waals surface area contributed by atoms with Gasteiger partial charge in [-0.15, -0.1) is 0 Å². The van der Waals surface area contributed by atoms with Gasteiger partial charge in [-0.2, -0.15) is 0 Å². The minimum atomic E-state index is -0.302. The van der Waals surface area contributed by atoms with Crippen LogP contribution in [0.3, 0.4) is 0 Å². The van der Waals surface area contributed by atoms with Crippen LogP contribution < -0.4 is 18.9 Å². The third kappa shape index (κ3) is 3.88. The SMILES string of the molecule is CCN1C(=O)N2Cc3cc4c(cc3C(C)(C)C=C2C12CCN(Cc1cc(OC)cc(OC)c1)CC2)OCO4. The van der Waals surface area contributed by atoms with Gasteiger partial charge in [0, 0.05) is 43.4 Å². The number of fused-ring (bicyclic) bond motifs is 4. The van der Waals surface area contributed by atoms with Crippen LogP contribution >= 0.6 is 0 Å². The normalized spacial score (nSPS) is 21.2. The quantitative estimate of drug-likeness (QED) is 0.560. The molecule has 2 fully saturated rings. The molecular weight excluding hydrogens is 482 g/mol. The second kappa shape index (κ2) is 9.12. The Labute approximate surface area is 224 Å². The molecule has 1 spiro atoms. The van der Waals surface area contributed by atoms with Crippen LogP contribution in [0.4, 0.5) is 4.79 Å². The van der Waals surface area contributed by atoms with Crippen LogP contribution in [-0.4, -0.2) is 66.9 Å². The molecule has 4 aliphatic heterocycles. The molecule has 0 unspecified atom stereocenters. The summed E-state index contributed by atoms with van der Waals surface area (Å²) >= 11 is 0. The Balaban J connectivity index is 1.30. The molecule has 0 radical (unpaired) electrons. The third-order valence-electron chi connectivity index (χ3n) is 8.68.